The van der Waals surface area contributed by atoms with Gasteiger partial charge in [0.05, 0.1) is 17.6 Å². The second kappa shape index (κ2) is 5.06. The Morgan fingerprint density at radius 2 is 2.16 bits per heavy atom. The van der Waals surface area contributed by atoms with E-state index in [9.17, 15) is 4.79 Å². The molecule has 0 saturated heterocycles. The number of fused-ring (bicyclic) bond motifs is 1. The number of nitrogens with zero attached hydrogens (tertiary/aromatic N) is 2. The lowest BCUT2D eigenvalue weighted by Gasteiger charge is -2.19. The van der Waals surface area contributed by atoms with Gasteiger partial charge in [0.25, 0.3) is 5.91 Å². The maximum Gasteiger partial charge on any atom is 0.255 e. The minimum Gasteiger partial charge on any atom is -0.454 e. The zero-order valence-electron chi connectivity index (χ0n) is 10.8. The molecule has 1 amide bonds. The van der Waals surface area contributed by atoms with E-state index in [-0.39, 0.29) is 18.6 Å². The summed E-state index contributed by atoms with van der Waals surface area (Å²) in [7, 11) is 1.64. The monoisotopic (exact) mass is 261 g/mol. The number of ether oxygens (including phenoxy) is 2. The lowest BCUT2D eigenvalue weighted by atomic mass is 10.1. The first-order chi connectivity index (χ1) is 9.02. The molecular weight excluding hydrogens is 246 g/mol. The minimum atomic E-state index is -0.238. The highest BCUT2D eigenvalue weighted by Crippen LogP contribution is 2.36. The topological polar surface area (TPSA) is 88.6 Å². The van der Waals surface area contributed by atoms with Crippen LogP contribution in [0.2, 0.25) is 0 Å². The van der Waals surface area contributed by atoms with Crippen LogP contribution < -0.4 is 15.2 Å². The highest BCUT2D eigenvalue weighted by molar-refractivity contribution is 6.00. The smallest absolute Gasteiger partial charge is 0.255 e. The molecule has 0 saturated carbocycles. The van der Waals surface area contributed by atoms with E-state index in [0.29, 0.717) is 29.3 Å². The molecular formula is C13H15N3O3. The molecule has 6 heteroatoms. The second-order valence-corrected chi connectivity index (χ2v) is 4.51. The summed E-state index contributed by atoms with van der Waals surface area (Å²) in [6.45, 7) is 2.24. The van der Waals surface area contributed by atoms with Gasteiger partial charge < -0.3 is 20.1 Å². The molecule has 1 atom stereocenters. The Labute approximate surface area is 111 Å². The van der Waals surface area contributed by atoms with Crippen molar-refractivity contribution in [3.05, 3.63) is 17.7 Å². The number of benzene rings is 1. The Kier molecular flexibility index (Phi) is 3.47. The van der Waals surface area contributed by atoms with Crippen molar-refractivity contribution in [3.8, 4) is 17.6 Å². The third kappa shape index (κ3) is 2.55. The molecule has 0 fully saturated rings. The number of nitrogen functional groups attached to an aromatic ring is 1. The van der Waals surface area contributed by atoms with Crippen molar-refractivity contribution in [2.24, 2.45) is 5.92 Å². The number of hydrogen-bond donors (Lipinski definition) is 1. The Morgan fingerprint density at radius 1 is 1.53 bits per heavy atom. The van der Waals surface area contributed by atoms with Crippen LogP contribution in [0.25, 0.3) is 0 Å². The first-order valence-corrected chi connectivity index (χ1v) is 5.87. The summed E-state index contributed by atoms with van der Waals surface area (Å²) >= 11 is 0. The van der Waals surface area contributed by atoms with Crippen molar-refractivity contribution in [2.75, 3.05) is 26.1 Å². The average molecular weight is 261 g/mol. The van der Waals surface area contributed by atoms with E-state index >= 15 is 0 Å². The lowest BCUT2D eigenvalue weighted by molar-refractivity contribution is 0.0785. The molecule has 0 aromatic heterocycles. The lowest BCUT2D eigenvalue weighted by Crippen LogP contribution is -2.31. The molecule has 0 spiro atoms. The zero-order chi connectivity index (χ0) is 14.0. The van der Waals surface area contributed by atoms with Gasteiger partial charge in [-0.2, -0.15) is 5.26 Å². The number of amides is 1. The molecule has 1 aromatic rings. The molecule has 2 N–H and O–H groups in total. The number of hydrogen-bond acceptors (Lipinski definition) is 5. The summed E-state index contributed by atoms with van der Waals surface area (Å²) in [6, 6.07) is 5.25. The molecule has 1 aliphatic rings. The Balaban J connectivity index is 2.22. The molecule has 6 nitrogen and oxygen atoms in total. The van der Waals surface area contributed by atoms with E-state index in [1.165, 1.54) is 4.90 Å². The van der Waals surface area contributed by atoms with Gasteiger partial charge in [-0.05, 0) is 13.0 Å². The molecule has 0 aliphatic carbocycles. The molecule has 19 heavy (non-hydrogen) atoms. The maximum absolute atomic E-state index is 12.3. The van der Waals surface area contributed by atoms with Gasteiger partial charge in [0.2, 0.25) is 6.79 Å². The van der Waals surface area contributed by atoms with Crippen LogP contribution in [0, 0.1) is 17.2 Å². The Morgan fingerprint density at radius 3 is 2.79 bits per heavy atom. The number of rotatable bonds is 3. The van der Waals surface area contributed by atoms with E-state index in [1.807, 2.05) is 0 Å². The molecule has 100 valence electrons. The van der Waals surface area contributed by atoms with Gasteiger partial charge in [-0.1, -0.05) is 0 Å². The standard InChI is InChI=1S/C13H15N3O3/c1-8(5-14)6-16(2)13(17)9-3-11-12(4-10(9)15)19-7-18-11/h3-4,8H,6-7,15H2,1-2H3. The Bertz CT molecular complexity index is 551. The molecule has 2 rings (SSSR count). The van der Waals surface area contributed by atoms with E-state index in [1.54, 1.807) is 26.1 Å². The summed E-state index contributed by atoms with van der Waals surface area (Å²) in [6.07, 6.45) is 0. The summed E-state index contributed by atoms with van der Waals surface area (Å²) in [5.41, 5.74) is 6.54. The van der Waals surface area contributed by atoms with Crippen LogP contribution in [0.5, 0.6) is 11.5 Å². The summed E-state index contributed by atoms with van der Waals surface area (Å²) in [4.78, 5) is 13.7. The first-order valence-electron chi connectivity index (χ1n) is 5.87. The highest BCUT2D eigenvalue weighted by Gasteiger charge is 2.22. The van der Waals surface area contributed by atoms with Crippen LogP contribution in [0.15, 0.2) is 12.1 Å². The van der Waals surface area contributed by atoms with Crippen LogP contribution in [0.3, 0.4) is 0 Å². The average Bonchev–Trinajstić information content (AvgIpc) is 2.83. The fourth-order valence-corrected chi connectivity index (χ4v) is 1.88. The molecule has 1 unspecified atom stereocenters. The van der Waals surface area contributed by atoms with Crippen molar-refractivity contribution in [2.45, 2.75) is 6.92 Å². The normalized spacial score (nSPS) is 13.7. The second-order valence-electron chi connectivity index (χ2n) is 4.51. The molecule has 1 heterocycles. The number of nitriles is 1. The van der Waals surface area contributed by atoms with Crippen molar-refractivity contribution in [1.82, 2.24) is 4.90 Å². The quantitative estimate of drug-likeness (QED) is 0.827. The highest BCUT2D eigenvalue weighted by atomic mass is 16.7. The predicted molar refractivity (Wildman–Crippen MR) is 68.7 cm³/mol. The van der Waals surface area contributed by atoms with E-state index in [4.69, 9.17) is 20.5 Å². The molecule has 0 radical (unpaired) electrons. The van der Waals surface area contributed by atoms with Gasteiger partial charge >= 0.3 is 0 Å². The first kappa shape index (κ1) is 13.0. The van der Waals surface area contributed by atoms with Gasteiger partial charge in [0.15, 0.2) is 11.5 Å². The van der Waals surface area contributed by atoms with Gasteiger partial charge in [-0.15, -0.1) is 0 Å². The van der Waals surface area contributed by atoms with Crippen molar-refractivity contribution >= 4 is 11.6 Å². The van der Waals surface area contributed by atoms with Crippen molar-refractivity contribution in [3.63, 3.8) is 0 Å². The largest absolute Gasteiger partial charge is 0.454 e. The van der Waals surface area contributed by atoms with E-state index in [2.05, 4.69) is 6.07 Å². The van der Waals surface area contributed by atoms with Crippen LogP contribution in [0.4, 0.5) is 5.69 Å². The number of carbonyl (C=O) groups is 1. The summed E-state index contributed by atoms with van der Waals surface area (Å²) in [5, 5.41) is 8.77. The fraction of sp³-hybridized carbons (Fsp3) is 0.385. The predicted octanol–water partition coefficient (Wildman–Crippen LogP) is 1.23. The van der Waals surface area contributed by atoms with Crippen molar-refractivity contribution in [1.29, 1.82) is 5.26 Å². The SMILES string of the molecule is CC(C#N)CN(C)C(=O)c1cc2c(cc1N)OCO2. The van der Waals surface area contributed by atoms with E-state index in [0.717, 1.165) is 0 Å². The van der Waals surface area contributed by atoms with Gasteiger partial charge in [0.1, 0.15) is 0 Å². The van der Waals surface area contributed by atoms with Crippen LogP contribution in [-0.2, 0) is 0 Å². The van der Waals surface area contributed by atoms with Gasteiger partial charge in [-0.3, -0.25) is 4.79 Å². The maximum atomic E-state index is 12.3. The third-order valence-electron chi connectivity index (χ3n) is 2.89. The number of carbonyl (C=O) groups excluding carboxylic acids is 1. The van der Waals surface area contributed by atoms with Gasteiger partial charge in [-0.25, -0.2) is 0 Å². The third-order valence-corrected chi connectivity index (χ3v) is 2.89. The number of nitrogens with two attached hydrogens (primary N) is 1. The molecule has 0 bridgehead atoms. The Hall–Kier alpha value is -2.42. The summed E-state index contributed by atoms with van der Waals surface area (Å²) in [5.74, 6) is 0.587. The number of anilines is 1. The molecule has 1 aromatic carbocycles. The zero-order valence-corrected chi connectivity index (χ0v) is 10.8. The van der Waals surface area contributed by atoms with E-state index < -0.39 is 0 Å². The van der Waals surface area contributed by atoms with Crippen LogP contribution in [-0.4, -0.2) is 31.2 Å². The van der Waals surface area contributed by atoms with Crippen molar-refractivity contribution < 1.29 is 14.3 Å². The van der Waals surface area contributed by atoms with Gasteiger partial charge in [0, 0.05) is 25.3 Å². The summed E-state index contributed by atoms with van der Waals surface area (Å²) < 4.78 is 10.4. The van der Waals surface area contributed by atoms with Crippen LogP contribution in [0.1, 0.15) is 17.3 Å². The fourth-order valence-electron chi connectivity index (χ4n) is 1.88. The molecule has 1 aliphatic heterocycles. The van der Waals surface area contributed by atoms with Crippen LogP contribution >= 0.6 is 0 Å². The minimum absolute atomic E-state index is 0.133.